The van der Waals surface area contributed by atoms with E-state index < -0.39 is 0 Å². The lowest BCUT2D eigenvalue weighted by Gasteiger charge is -2.34. The molecule has 1 atom stereocenters. The fourth-order valence-electron chi connectivity index (χ4n) is 4.42. The highest BCUT2D eigenvalue weighted by Crippen LogP contribution is 2.33. The molecule has 1 fully saturated rings. The summed E-state index contributed by atoms with van der Waals surface area (Å²) >= 11 is 0. The lowest BCUT2D eigenvalue weighted by molar-refractivity contribution is -0.125. The molecule has 0 saturated carbocycles. The minimum atomic E-state index is -0.0576. The van der Waals surface area contributed by atoms with Crippen LogP contribution in [0.4, 0.5) is 5.82 Å². The van der Waals surface area contributed by atoms with Crippen molar-refractivity contribution in [3.63, 3.8) is 0 Å². The highest BCUT2D eigenvalue weighted by atomic mass is 16.5. The Morgan fingerprint density at radius 2 is 2.03 bits per heavy atom. The van der Waals surface area contributed by atoms with Gasteiger partial charge in [0.2, 0.25) is 5.91 Å². The van der Waals surface area contributed by atoms with Crippen LogP contribution in [0.25, 0.3) is 11.4 Å². The summed E-state index contributed by atoms with van der Waals surface area (Å²) in [5.41, 5.74) is 4.19. The maximum Gasteiger partial charge on any atom is 0.225 e. The van der Waals surface area contributed by atoms with Crippen LogP contribution in [0.5, 0.6) is 0 Å². The highest BCUT2D eigenvalue weighted by Gasteiger charge is 2.30. The highest BCUT2D eigenvalue weighted by molar-refractivity contribution is 5.79. The second-order valence-electron chi connectivity index (χ2n) is 8.01. The Labute approximate surface area is 175 Å². The first-order valence-corrected chi connectivity index (χ1v) is 10.6. The number of hydrogen-bond donors (Lipinski definition) is 1. The second-order valence-corrected chi connectivity index (χ2v) is 8.01. The monoisotopic (exact) mass is 403 g/mol. The molecule has 0 radical (unpaired) electrons. The van der Waals surface area contributed by atoms with Crippen molar-refractivity contribution in [2.24, 2.45) is 5.92 Å². The molecule has 1 amide bonds. The van der Waals surface area contributed by atoms with Gasteiger partial charge in [-0.25, -0.2) is 9.97 Å². The summed E-state index contributed by atoms with van der Waals surface area (Å²) in [6.07, 6.45) is 6.51. The molecule has 3 heterocycles. The van der Waals surface area contributed by atoms with Crippen molar-refractivity contribution in [2.45, 2.75) is 38.6 Å². The number of aromatic nitrogens is 3. The first-order chi connectivity index (χ1) is 14.8. The molecule has 5 rings (SSSR count). The van der Waals surface area contributed by atoms with Gasteiger partial charge < -0.3 is 14.7 Å². The molecule has 7 nitrogen and oxygen atoms in total. The van der Waals surface area contributed by atoms with Gasteiger partial charge >= 0.3 is 0 Å². The molecular formula is C23H25N5O2. The van der Waals surface area contributed by atoms with Crippen molar-refractivity contribution in [1.29, 1.82) is 0 Å². The first kappa shape index (κ1) is 18.8. The van der Waals surface area contributed by atoms with Crippen LogP contribution in [0.15, 0.2) is 47.2 Å². The standard InChI is InChI=1S/C23H25N5O2/c29-23(24-14-18-11-13-30-27-18)17-8-5-12-28(15-17)22-19-9-4-10-20(19)25-21(26-22)16-6-2-1-3-7-16/h1-3,6-7,11,13,17H,4-5,8-10,12,14-15H2,(H,24,29)/t17-/m0/s1. The minimum Gasteiger partial charge on any atom is -0.364 e. The first-order valence-electron chi connectivity index (χ1n) is 10.6. The SMILES string of the molecule is O=C(NCc1ccon1)[C@H]1CCCN(c2nc(-c3ccccc3)nc3c2CCC3)C1. The lowest BCUT2D eigenvalue weighted by Crippen LogP contribution is -2.43. The van der Waals surface area contributed by atoms with Crippen molar-refractivity contribution in [2.75, 3.05) is 18.0 Å². The number of aryl methyl sites for hydroxylation is 1. The summed E-state index contributed by atoms with van der Waals surface area (Å²) in [5, 5.41) is 6.85. The Bertz CT molecular complexity index is 1020. The Hall–Kier alpha value is -3.22. The van der Waals surface area contributed by atoms with E-state index in [1.807, 2.05) is 18.2 Å². The van der Waals surface area contributed by atoms with E-state index in [0.29, 0.717) is 13.1 Å². The van der Waals surface area contributed by atoms with Gasteiger partial charge in [-0.05, 0) is 32.1 Å². The van der Waals surface area contributed by atoms with Crippen molar-refractivity contribution >= 4 is 11.7 Å². The zero-order chi connectivity index (χ0) is 20.3. The number of carbonyl (C=O) groups excluding carboxylic acids is 1. The number of benzene rings is 1. The quantitative estimate of drug-likeness (QED) is 0.705. The van der Waals surface area contributed by atoms with Gasteiger partial charge in [0, 0.05) is 36.0 Å². The summed E-state index contributed by atoms with van der Waals surface area (Å²) in [7, 11) is 0. The Kier molecular flexibility index (Phi) is 5.17. The smallest absolute Gasteiger partial charge is 0.225 e. The molecule has 30 heavy (non-hydrogen) atoms. The van der Waals surface area contributed by atoms with E-state index in [1.54, 1.807) is 6.07 Å². The molecule has 1 aliphatic heterocycles. The average molecular weight is 403 g/mol. The van der Waals surface area contributed by atoms with Crippen LogP contribution in [0, 0.1) is 5.92 Å². The zero-order valence-electron chi connectivity index (χ0n) is 16.9. The predicted molar refractivity (Wildman–Crippen MR) is 113 cm³/mol. The molecule has 154 valence electrons. The largest absolute Gasteiger partial charge is 0.364 e. The topological polar surface area (TPSA) is 84.2 Å². The third kappa shape index (κ3) is 3.79. The van der Waals surface area contributed by atoms with Gasteiger partial charge in [0.05, 0.1) is 12.5 Å². The summed E-state index contributed by atoms with van der Waals surface area (Å²) < 4.78 is 4.83. The number of fused-ring (bicyclic) bond motifs is 1. The van der Waals surface area contributed by atoms with Crippen molar-refractivity contribution in [3.05, 3.63) is 59.6 Å². The van der Waals surface area contributed by atoms with Crippen molar-refractivity contribution in [1.82, 2.24) is 20.4 Å². The number of carbonyl (C=O) groups is 1. The van der Waals surface area contributed by atoms with Crippen LogP contribution in [0.2, 0.25) is 0 Å². The molecule has 0 spiro atoms. The third-order valence-electron chi connectivity index (χ3n) is 5.97. The maximum atomic E-state index is 12.8. The molecule has 1 aliphatic carbocycles. The van der Waals surface area contributed by atoms with E-state index in [1.165, 1.54) is 11.8 Å². The van der Waals surface area contributed by atoms with Crippen molar-refractivity contribution in [3.8, 4) is 11.4 Å². The number of nitrogens with one attached hydrogen (secondary N) is 1. The Morgan fingerprint density at radius 1 is 1.13 bits per heavy atom. The van der Waals surface area contributed by atoms with Crippen LogP contribution in [0.3, 0.4) is 0 Å². The molecule has 0 bridgehead atoms. The number of anilines is 1. The van der Waals surface area contributed by atoms with Gasteiger partial charge in [-0.3, -0.25) is 4.79 Å². The number of piperidine rings is 1. The molecule has 2 aliphatic rings. The third-order valence-corrected chi connectivity index (χ3v) is 5.97. The van der Waals surface area contributed by atoms with E-state index in [0.717, 1.165) is 67.2 Å². The van der Waals surface area contributed by atoms with E-state index >= 15 is 0 Å². The normalized spacial score (nSPS) is 18.3. The summed E-state index contributed by atoms with van der Waals surface area (Å²) in [5.74, 6) is 1.81. The van der Waals surface area contributed by atoms with Crippen LogP contribution in [-0.2, 0) is 24.2 Å². The van der Waals surface area contributed by atoms with Crippen LogP contribution >= 0.6 is 0 Å². The van der Waals surface area contributed by atoms with Crippen LogP contribution < -0.4 is 10.2 Å². The van der Waals surface area contributed by atoms with Gasteiger partial charge in [0.15, 0.2) is 5.82 Å². The molecule has 2 aromatic heterocycles. The fourth-order valence-corrected chi connectivity index (χ4v) is 4.42. The van der Waals surface area contributed by atoms with Crippen LogP contribution in [0.1, 0.15) is 36.2 Å². The average Bonchev–Trinajstić information content (AvgIpc) is 3.49. The molecule has 1 saturated heterocycles. The zero-order valence-corrected chi connectivity index (χ0v) is 16.9. The number of hydrogen-bond acceptors (Lipinski definition) is 6. The molecule has 7 heteroatoms. The van der Waals surface area contributed by atoms with E-state index in [9.17, 15) is 4.79 Å². The van der Waals surface area contributed by atoms with Gasteiger partial charge in [0.1, 0.15) is 17.8 Å². The predicted octanol–water partition coefficient (Wildman–Crippen LogP) is 3.15. The van der Waals surface area contributed by atoms with Crippen molar-refractivity contribution < 1.29 is 9.32 Å². The second kappa shape index (κ2) is 8.26. The number of nitrogens with zero attached hydrogens (tertiary/aromatic N) is 4. The van der Waals surface area contributed by atoms with E-state index in [-0.39, 0.29) is 11.8 Å². The molecule has 0 unspecified atom stereocenters. The van der Waals surface area contributed by atoms with Crippen LogP contribution in [-0.4, -0.2) is 34.1 Å². The maximum absolute atomic E-state index is 12.8. The fraction of sp³-hybridized carbons (Fsp3) is 0.391. The lowest BCUT2D eigenvalue weighted by atomic mass is 9.96. The number of rotatable bonds is 5. The Morgan fingerprint density at radius 3 is 2.87 bits per heavy atom. The molecular weight excluding hydrogens is 378 g/mol. The van der Waals surface area contributed by atoms with E-state index in [2.05, 4.69) is 27.5 Å². The molecule has 1 aromatic carbocycles. The Balaban J connectivity index is 1.37. The van der Waals surface area contributed by atoms with Gasteiger partial charge in [-0.15, -0.1) is 0 Å². The minimum absolute atomic E-state index is 0.0576. The van der Waals surface area contributed by atoms with Gasteiger partial charge in [0.25, 0.3) is 0 Å². The van der Waals surface area contributed by atoms with Gasteiger partial charge in [-0.1, -0.05) is 35.5 Å². The number of amides is 1. The van der Waals surface area contributed by atoms with Gasteiger partial charge in [-0.2, -0.15) is 0 Å². The molecule has 3 aromatic rings. The summed E-state index contributed by atoms with van der Waals surface area (Å²) in [6, 6.07) is 11.9. The summed E-state index contributed by atoms with van der Waals surface area (Å²) in [6.45, 7) is 2.00. The molecule has 1 N–H and O–H groups in total. The van der Waals surface area contributed by atoms with E-state index in [4.69, 9.17) is 14.5 Å². The summed E-state index contributed by atoms with van der Waals surface area (Å²) in [4.78, 5) is 24.9.